The van der Waals surface area contributed by atoms with Crippen LogP contribution in [0.2, 0.25) is 0 Å². The maximum atomic E-state index is 13.3. The van der Waals surface area contributed by atoms with Crippen molar-refractivity contribution in [2.45, 2.75) is 13.0 Å². The van der Waals surface area contributed by atoms with Gasteiger partial charge in [0.25, 0.3) is 5.56 Å². The molecule has 0 aliphatic carbocycles. The van der Waals surface area contributed by atoms with Crippen molar-refractivity contribution in [3.05, 3.63) is 57.4 Å². The van der Waals surface area contributed by atoms with E-state index >= 15 is 0 Å². The Morgan fingerprint density at radius 2 is 2.17 bits per heavy atom. The number of aliphatic imine (C=N–C) groups is 1. The van der Waals surface area contributed by atoms with E-state index in [2.05, 4.69) is 15.1 Å². The Bertz CT molecular complexity index is 1400. The molecule has 4 aromatic rings. The van der Waals surface area contributed by atoms with Crippen LogP contribution in [0.4, 0.5) is 10.2 Å². The highest BCUT2D eigenvalue weighted by Crippen LogP contribution is 2.31. The minimum atomic E-state index is -0.590. The molecule has 0 fully saturated rings. The van der Waals surface area contributed by atoms with Crippen molar-refractivity contribution in [2.24, 2.45) is 12.0 Å². The fraction of sp³-hybridized carbons (Fsp3) is 0.211. The number of fused-ring (bicyclic) bond motifs is 3. The number of rotatable bonds is 4. The quantitative estimate of drug-likeness (QED) is 0.556. The molecule has 1 aliphatic heterocycles. The zero-order chi connectivity index (χ0) is 20.1. The highest BCUT2D eigenvalue weighted by Gasteiger charge is 2.19. The third-order valence-electron chi connectivity index (χ3n) is 4.85. The van der Waals surface area contributed by atoms with E-state index in [0.29, 0.717) is 17.6 Å². The van der Waals surface area contributed by atoms with Crippen LogP contribution in [0.15, 0.2) is 40.3 Å². The monoisotopic (exact) mass is 409 g/mol. The third kappa shape index (κ3) is 2.92. The molecule has 146 valence electrons. The number of aromatic nitrogens is 5. The van der Waals surface area contributed by atoms with Crippen LogP contribution in [0, 0.1) is 5.82 Å². The van der Waals surface area contributed by atoms with Crippen molar-refractivity contribution in [2.75, 3.05) is 12.3 Å². The minimum Gasteiger partial charge on any atom is -0.381 e. The van der Waals surface area contributed by atoms with Gasteiger partial charge >= 0.3 is 0 Å². The summed E-state index contributed by atoms with van der Waals surface area (Å²) in [5.41, 5.74) is 8.01. The van der Waals surface area contributed by atoms with E-state index < -0.39 is 5.82 Å². The lowest BCUT2D eigenvalue weighted by atomic mass is 10.3. The number of allylic oxidation sites excluding steroid dienone is 1. The number of nitrogen functional groups attached to an aromatic ring is 1. The second kappa shape index (κ2) is 6.59. The van der Waals surface area contributed by atoms with Gasteiger partial charge in [0.15, 0.2) is 17.3 Å². The van der Waals surface area contributed by atoms with E-state index in [1.807, 2.05) is 19.2 Å². The molecule has 0 spiro atoms. The lowest BCUT2D eigenvalue weighted by molar-refractivity contribution is 0.610. The first-order valence-corrected chi connectivity index (χ1v) is 9.77. The van der Waals surface area contributed by atoms with Crippen LogP contribution in [0.1, 0.15) is 10.7 Å². The molecule has 8 nitrogen and oxygen atoms in total. The second-order valence-electron chi connectivity index (χ2n) is 6.77. The second-order valence-corrected chi connectivity index (χ2v) is 7.85. The van der Waals surface area contributed by atoms with Crippen LogP contribution in [0.5, 0.6) is 0 Å². The molecule has 0 unspecified atom stereocenters. The molecule has 0 saturated heterocycles. The van der Waals surface area contributed by atoms with E-state index in [0.717, 1.165) is 33.0 Å². The Labute approximate surface area is 167 Å². The molecule has 0 radical (unpaired) electrons. The molecule has 2 N–H and O–H groups in total. The summed E-state index contributed by atoms with van der Waals surface area (Å²) in [7, 11) is 1.82. The molecule has 5 heterocycles. The lowest BCUT2D eigenvalue weighted by Gasteiger charge is -2.06. The highest BCUT2D eigenvalue weighted by atomic mass is 32.1. The Morgan fingerprint density at radius 3 is 2.93 bits per heavy atom. The molecule has 0 amide bonds. The number of hydrogen-bond acceptors (Lipinski definition) is 7. The Kier molecular flexibility index (Phi) is 4.02. The van der Waals surface area contributed by atoms with Crippen LogP contribution in [-0.2, 0) is 20.0 Å². The average molecular weight is 409 g/mol. The summed E-state index contributed by atoms with van der Waals surface area (Å²) < 4.78 is 17.4. The van der Waals surface area contributed by atoms with Gasteiger partial charge in [0.1, 0.15) is 10.5 Å². The van der Waals surface area contributed by atoms with Crippen LogP contribution < -0.4 is 11.3 Å². The number of anilines is 1. The Balaban J connectivity index is 1.56. The van der Waals surface area contributed by atoms with Gasteiger partial charge in [0, 0.05) is 24.6 Å². The average Bonchev–Trinajstić information content (AvgIpc) is 3.40. The van der Waals surface area contributed by atoms with Gasteiger partial charge in [0.2, 0.25) is 0 Å². The molecule has 5 rings (SSSR count). The van der Waals surface area contributed by atoms with E-state index in [9.17, 15) is 9.18 Å². The smallest absolute Gasteiger partial charge is 0.291 e. The lowest BCUT2D eigenvalue weighted by Crippen LogP contribution is -2.25. The molecule has 10 heteroatoms. The zero-order valence-corrected chi connectivity index (χ0v) is 16.3. The number of halogens is 1. The SMILES string of the molecule is Cn1c2nc(CC3=NCC=C3)sc2c2cnn(Cc3ccc(F)c(N)n3)c(=O)c21. The minimum absolute atomic E-state index is 0.100. The number of nitrogens with two attached hydrogens (primary N) is 1. The number of aryl methyl sites for hydroxylation is 1. The normalized spacial score (nSPS) is 13.7. The number of nitrogens with zero attached hydrogens (tertiary/aromatic N) is 6. The van der Waals surface area contributed by atoms with Gasteiger partial charge in [-0.3, -0.25) is 9.79 Å². The fourth-order valence-corrected chi connectivity index (χ4v) is 4.56. The molecule has 0 aromatic carbocycles. The summed E-state index contributed by atoms with van der Waals surface area (Å²) >= 11 is 1.55. The standard InChI is InChI=1S/C19H16FN7OS/c1-26-15-12(16-18(26)25-14(29-16)7-10-3-2-6-22-10)8-23-27(19(15)28)9-11-4-5-13(20)17(21)24-11/h2-5,8H,6-7,9H2,1H3,(H2,21,24). The molecule has 4 aromatic heterocycles. The van der Waals surface area contributed by atoms with E-state index in [-0.39, 0.29) is 17.9 Å². The molecule has 0 saturated carbocycles. The van der Waals surface area contributed by atoms with Gasteiger partial charge in [-0.05, 0) is 18.2 Å². The van der Waals surface area contributed by atoms with Gasteiger partial charge in [-0.15, -0.1) is 11.3 Å². The van der Waals surface area contributed by atoms with Crippen LogP contribution in [0.25, 0.3) is 21.3 Å². The summed E-state index contributed by atoms with van der Waals surface area (Å²) in [6, 6.07) is 2.72. The molecular formula is C19H16FN7OS. The van der Waals surface area contributed by atoms with Crippen molar-refractivity contribution in [3.63, 3.8) is 0 Å². The highest BCUT2D eigenvalue weighted by molar-refractivity contribution is 7.19. The van der Waals surface area contributed by atoms with E-state index in [4.69, 9.17) is 10.7 Å². The maximum Gasteiger partial charge on any atom is 0.291 e. The molecule has 0 atom stereocenters. The van der Waals surface area contributed by atoms with Crippen molar-refractivity contribution >= 4 is 44.1 Å². The molecule has 0 bridgehead atoms. The molecule has 29 heavy (non-hydrogen) atoms. The number of thiazole rings is 1. The summed E-state index contributed by atoms with van der Waals surface area (Å²) in [6.07, 6.45) is 6.38. The van der Waals surface area contributed by atoms with Crippen molar-refractivity contribution < 1.29 is 4.39 Å². The number of hydrogen-bond donors (Lipinski definition) is 1. The van der Waals surface area contributed by atoms with Crippen molar-refractivity contribution in [3.8, 4) is 0 Å². The summed E-state index contributed by atoms with van der Waals surface area (Å²) in [6.45, 7) is 0.824. The van der Waals surface area contributed by atoms with Gasteiger partial charge in [0.05, 0.1) is 29.7 Å². The van der Waals surface area contributed by atoms with E-state index in [1.165, 1.54) is 16.8 Å². The summed E-state index contributed by atoms with van der Waals surface area (Å²) in [5.74, 6) is -0.789. The first-order valence-electron chi connectivity index (χ1n) is 8.96. The predicted octanol–water partition coefficient (Wildman–Crippen LogP) is 2.06. The summed E-state index contributed by atoms with van der Waals surface area (Å²) in [4.78, 5) is 26.1. The van der Waals surface area contributed by atoms with Gasteiger partial charge in [-0.1, -0.05) is 6.08 Å². The zero-order valence-electron chi connectivity index (χ0n) is 15.5. The van der Waals surface area contributed by atoms with Gasteiger partial charge < -0.3 is 10.3 Å². The molecule has 1 aliphatic rings. The van der Waals surface area contributed by atoms with Gasteiger partial charge in [-0.25, -0.2) is 19.0 Å². The fourth-order valence-electron chi connectivity index (χ4n) is 3.44. The Morgan fingerprint density at radius 1 is 1.31 bits per heavy atom. The maximum absolute atomic E-state index is 13.3. The van der Waals surface area contributed by atoms with E-state index in [1.54, 1.807) is 22.1 Å². The Hall–Kier alpha value is -3.40. The third-order valence-corrected chi connectivity index (χ3v) is 5.93. The van der Waals surface area contributed by atoms with Crippen LogP contribution in [0.3, 0.4) is 0 Å². The first-order chi connectivity index (χ1) is 14.0. The van der Waals surface area contributed by atoms with Crippen LogP contribution >= 0.6 is 11.3 Å². The number of pyridine rings is 1. The van der Waals surface area contributed by atoms with Crippen LogP contribution in [-0.4, -0.2) is 36.6 Å². The van der Waals surface area contributed by atoms with Gasteiger partial charge in [-0.2, -0.15) is 5.10 Å². The topological polar surface area (TPSA) is 104 Å². The summed E-state index contributed by atoms with van der Waals surface area (Å²) in [5, 5.41) is 6.01. The molecular weight excluding hydrogens is 393 g/mol. The largest absolute Gasteiger partial charge is 0.381 e. The predicted molar refractivity (Wildman–Crippen MR) is 111 cm³/mol. The van der Waals surface area contributed by atoms with Crippen molar-refractivity contribution in [1.82, 2.24) is 24.3 Å². The van der Waals surface area contributed by atoms with Crippen molar-refractivity contribution in [1.29, 1.82) is 0 Å². The first kappa shape index (κ1) is 17.7.